The Bertz CT molecular complexity index is 926. The van der Waals surface area contributed by atoms with Crippen LogP contribution in [0.5, 0.6) is 0 Å². The predicted octanol–water partition coefficient (Wildman–Crippen LogP) is 2.88. The van der Waals surface area contributed by atoms with Crippen molar-refractivity contribution >= 4 is 34.8 Å². The number of carbonyl (C=O) groups is 3. The predicted molar refractivity (Wildman–Crippen MR) is 119 cm³/mol. The molecule has 0 aliphatic carbocycles. The molecule has 0 aromatic heterocycles. The third-order valence-electron chi connectivity index (χ3n) is 5.30. The minimum atomic E-state index is -0.408. The summed E-state index contributed by atoms with van der Waals surface area (Å²) in [6.07, 6.45) is 0.857. The Balaban J connectivity index is 1.59. The van der Waals surface area contributed by atoms with Gasteiger partial charge in [0, 0.05) is 30.5 Å². The van der Waals surface area contributed by atoms with Gasteiger partial charge in [-0.25, -0.2) is 0 Å². The van der Waals surface area contributed by atoms with Crippen molar-refractivity contribution in [1.29, 1.82) is 0 Å². The van der Waals surface area contributed by atoms with Crippen LogP contribution in [0.1, 0.15) is 26.3 Å². The highest BCUT2D eigenvalue weighted by molar-refractivity contribution is 5.99. The molecule has 30 heavy (non-hydrogen) atoms. The van der Waals surface area contributed by atoms with Gasteiger partial charge in [-0.2, -0.15) is 0 Å². The van der Waals surface area contributed by atoms with E-state index in [2.05, 4.69) is 16.7 Å². The number of hydrogen-bond donors (Lipinski definition) is 2. The van der Waals surface area contributed by atoms with Crippen molar-refractivity contribution in [3.8, 4) is 0 Å². The largest absolute Gasteiger partial charge is 0.326 e. The van der Waals surface area contributed by atoms with Crippen molar-refractivity contribution in [2.45, 2.75) is 33.2 Å². The summed E-state index contributed by atoms with van der Waals surface area (Å²) in [5, 5.41) is 5.53. The molecule has 3 amide bonds. The molecular formula is C23H28N4O3. The normalized spacial score (nSPS) is 13.7. The van der Waals surface area contributed by atoms with Gasteiger partial charge in [0.1, 0.15) is 0 Å². The maximum absolute atomic E-state index is 13.1. The number of nitrogens with zero attached hydrogens (tertiary/aromatic N) is 2. The van der Waals surface area contributed by atoms with E-state index in [1.54, 1.807) is 24.3 Å². The Hall–Kier alpha value is -3.19. The van der Waals surface area contributed by atoms with Gasteiger partial charge in [-0.05, 0) is 55.8 Å². The topological polar surface area (TPSA) is 81.8 Å². The van der Waals surface area contributed by atoms with Crippen LogP contribution in [0, 0.1) is 0 Å². The number of rotatable bonds is 7. The number of carbonyl (C=O) groups excluding carboxylic acids is 3. The lowest BCUT2D eigenvalue weighted by Gasteiger charge is -2.30. The molecular weight excluding hydrogens is 380 g/mol. The molecule has 0 bridgehead atoms. The van der Waals surface area contributed by atoms with Gasteiger partial charge in [0.25, 0.3) is 0 Å². The molecule has 2 aromatic rings. The first kappa shape index (κ1) is 21.5. The zero-order valence-corrected chi connectivity index (χ0v) is 17.6. The number of anilines is 3. The van der Waals surface area contributed by atoms with E-state index in [1.165, 1.54) is 12.5 Å². The van der Waals surface area contributed by atoms with E-state index in [1.807, 2.05) is 41.8 Å². The molecule has 2 aromatic carbocycles. The summed E-state index contributed by atoms with van der Waals surface area (Å²) < 4.78 is 0. The molecule has 0 saturated heterocycles. The van der Waals surface area contributed by atoms with E-state index >= 15 is 0 Å². The minimum Gasteiger partial charge on any atom is -0.326 e. The number of nitrogens with one attached hydrogen (secondary N) is 2. The molecule has 158 valence electrons. The first-order valence-corrected chi connectivity index (χ1v) is 10.2. The van der Waals surface area contributed by atoms with E-state index < -0.39 is 6.04 Å². The first-order chi connectivity index (χ1) is 14.4. The molecule has 0 radical (unpaired) electrons. The lowest BCUT2D eigenvalue weighted by Crippen LogP contribution is -2.49. The standard InChI is InChI=1S/C23H28N4O3/c1-4-26(15-22(29)25-20-11-9-19(10-12-20)24-17(3)28)16(2)23(30)27-14-13-18-7-5-6-8-21(18)27/h5-12,16H,4,13-15H2,1-3H3,(H,24,28)(H,25,29)/t16-/m1/s1. The van der Waals surface area contributed by atoms with Gasteiger partial charge < -0.3 is 15.5 Å². The third-order valence-corrected chi connectivity index (χ3v) is 5.30. The van der Waals surface area contributed by atoms with Gasteiger partial charge in [0.2, 0.25) is 17.7 Å². The molecule has 0 spiro atoms. The fourth-order valence-electron chi connectivity index (χ4n) is 3.70. The van der Waals surface area contributed by atoms with Crippen LogP contribution in [-0.4, -0.2) is 48.3 Å². The molecule has 1 heterocycles. The van der Waals surface area contributed by atoms with Crippen LogP contribution in [0.15, 0.2) is 48.5 Å². The summed E-state index contributed by atoms with van der Waals surface area (Å²) >= 11 is 0. The van der Waals surface area contributed by atoms with Crippen molar-refractivity contribution in [3.63, 3.8) is 0 Å². The van der Waals surface area contributed by atoms with Crippen LogP contribution in [0.25, 0.3) is 0 Å². The molecule has 7 nitrogen and oxygen atoms in total. The van der Waals surface area contributed by atoms with Gasteiger partial charge in [-0.3, -0.25) is 19.3 Å². The number of para-hydroxylation sites is 1. The van der Waals surface area contributed by atoms with Crippen molar-refractivity contribution in [1.82, 2.24) is 4.90 Å². The number of hydrogen-bond acceptors (Lipinski definition) is 4. The van der Waals surface area contributed by atoms with Gasteiger partial charge in [0.15, 0.2) is 0 Å². The highest BCUT2D eigenvalue weighted by atomic mass is 16.2. The highest BCUT2D eigenvalue weighted by Crippen LogP contribution is 2.28. The van der Waals surface area contributed by atoms with Crippen LogP contribution in [0.3, 0.4) is 0 Å². The zero-order chi connectivity index (χ0) is 21.7. The Morgan fingerprint density at radius 1 is 1.03 bits per heavy atom. The van der Waals surface area contributed by atoms with E-state index in [-0.39, 0.29) is 24.3 Å². The van der Waals surface area contributed by atoms with Crippen molar-refractivity contribution < 1.29 is 14.4 Å². The van der Waals surface area contributed by atoms with Gasteiger partial charge in [0.05, 0.1) is 12.6 Å². The van der Waals surface area contributed by atoms with Crippen LogP contribution < -0.4 is 15.5 Å². The molecule has 3 rings (SSSR count). The van der Waals surface area contributed by atoms with Crippen LogP contribution in [0.4, 0.5) is 17.1 Å². The van der Waals surface area contributed by atoms with Gasteiger partial charge in [-0.1, -0.05) is 25.1 Å². The molecule has 1 atom stereocenters. The van der Waals surface area contributed by atoms with Crippen molar-refractivity contribution in [2.24, 2.45) is 0 Å². The minimum absolute atomic E-state index is 0.00857. The lowest BCUT2D eigenvalue weighted by atomic mass is 10.1. The second-order valence-corrected chi connectivity index (χ2v) is 7.41. The molecule has 0 unspecified atom stereocenters. The Morgan fingerprint density at radius 3 is 2.30 bits per heavy atom. The third kappa shape index (κ3) is 5.04. The Labute approximate surface area is 177 Å². The van der Waals surface area contributed by atoms with Gasteiger partial charge in [-0.15, -0.1) is 0 Å². The number of amides is 3. The van der Waals surface area contributed by atoms with Crippen LogP contribution in [0.2, 0.25) is 0 Å². The summed E-state index contributed by atoms with van der Waals surface area (Å²) in [5.41, 5.74) is 3.45. The fourth-order valence-corrected chi connectivity index (χ4v) is 3.70. The van der Waals surface area contributed by atoms with E-state index in [0.29, 0.717) is 24.5 Å². The maximum Gasteiger partial charge on any atom is 0.244 e. The summed E-state index contributed by atoms with van der Waals surface area (Å²) in [6, 6.07) is 14.5. The lowest BCUT2D eigenvalue weighted by molar-refractivity contribution is -0.125. The Morgan fingerprint density at radius 2 is 1.67 bits per heavy atom. The molecule has 0 fully saturated rings. The average molecular weight is 409 g/mol. The molecule has 0 saturated carbocycles. The van der Waals surface area contributed by atoms with Crippen LogP contribution >= 0.6 is 0 Å². The van der Waals surface area contributed by atoms with E-state index in [4.69, 9.17) is 0 Å². The quantitative estimate of drug-likeness (QED) is 0.738. The second kappa shape index (κ2) is 9.54. The molecule has 1 aliphatic rings. The summed E-state index contributed by atoms with van der Waals surface area (Å²) in [4.78, 5) is 40.4. The second-order valence-electron chi connectivity index (χ2n) is 7.41. The summed E-state index contributed by atoms with van der Waals surface area (Å²) in [5.74, 6) is -0.329. The average Bonchev–Trinajstić information content (AvgIpc) is 3.16. The molecule has 1 aliphatic heterocycles. The monoisotopic (exact) mass is 408 g/mol. The number of likely N-dealkylation sites (N-methyl/N-ethyl adjacent to an activating group) is 1. The fraction of sp³-hybridized carbons (Fsp3) is 0.348. The van der Waals surface area contributed by atoms with Crippen LogP contribution in [-0.2, 0) is 20.8 Å². The van der Waals surface area contributed by atoms with E-state index in [0.717, 1.165) is 12.1 Å². The van der Waals surface area contributed by atoms with E-state index in [9.17, 15) is 14.4 Å². The first-order valence-electron chi connectivity index (χ1n) is 10.2. The maximum atomic E-state index is 13.1. The number of benzene rings is 2. The summed E-state index contributed by atoms with van der Waals surface area (Å²) in [7, 11) is 0. The number of fused-ring (bicyclic) bond motifs is 1. The molecule has 2 N–H and O–H groups in total. The zero-order valence-electron chi connectivity index (χ0n) is 17.6. The SMILES string of the molecule is CCN(CC(=O)Nc1ccc(NC(C)=O)cc1)[C@H](C)C(=O)N1CCc2ccccc21. The van der Waals surface area contributed by atoms with Gasteiger partial charge >= 0.3 is 0 Å². The Kier molecular flexibility index (Phi) is 6.84. The molecule has 7 heteroatoms. The summed E-state index contributed by atoms with van der Waals surface area (Å²) in [6.45, 7) is 6.61. The van der Waals surface area contributed by atoms with Crippen molar-refractivity contribution in [3.05, 3.63) is 54.1 Å². The van der Waals surface area contributed by atoms with Crippen molar-refractivity contribution in [2.75, 3.05) is 35.2 Å². The smallest absolute Gasteiger partial charge is 0.244 e. The highest BCUT2D eigenvalue weighted by Gasteiger charge is 2.31.